The van der Waals surface area contributed by atoms with Crippen molar-refractivity contribution < 1.29 is 4.79 Å². The number of hydrogen-bond donors (Lipinski definition) is 1. The summed E-state index contributed by atoms with van der Waals surface area (Å²) in [6, 6.07) is 2.91. The van der Waals surface area contributed by atoms with Crippen LogP contribution in [0.4, 0.5) is 0 Å². The molecule has 0 bridgehead atoms. The zero-order valence-corrected chi connectivity index (χ0v) is 12.7. The minimum atomic E-state index is 0.322. The summed E-state index contributed by atoms with van der Waals surface area (Å²) in [6.45, 7) is 5.52. The van der Waals surface area contributed by atoms with Crippen LogP contribution in [0.15, 0.2) is 16.8 Å². The third kappa shape index (κ3) is 3.81. The number of carbonyl (C=O) groups excluding carboxylic acids is 1. The van der Waals surface area contributed by atoms with Gasteiger partial charge in [-0.3, -0.25) is 9.69 Å². The average Bonchev–Trinajstić information content (AvgIpc) is 3.21. The molecule has 5 heteroatoms. The monoisotopic (exact) mass is 293 g/mol. The van der Waals surface area contributed by atoms with Gasteiger partial charge in [0.1, 0.15) is 0 Å². The quantitative estimate of drug-likeness (QED) is 0.864. The molecule has 2 aliphatic rings. The van der Waals surface area contributed by atoms with Crippen molar-refractivity contribution >= 4 is 17.2 Å². The molecule has 1 amide bonds. The maximum Gasteiger partial charge on any atom is 0.223 e. The van der Waals surface area contributed by atoms with E-state index in [2.05, 4.69) is 27.0 Å². The van der Waals surface area contributed by atoms with Crippen molar-refractivity contribution in [3.63, 3.8) is 0 Å². The molecule has 0 radical (unpaired) electrons. The number of piperazine rings is 1. The predicted molar refractivity (Wildman–Crippen MR) is 81.8 cm³/mol. The molecule has 0 atom stereocenters. The lowest BCUT2D eigenvalue weighted by atomic mass is 10.2. The predicted octanol–water partition coefficient (Wildman–Crippen LogP) is 1.53. The second kappa shape index (κ2) is 6.70. The van der Waals surface area contributed by atoms with Gasteiger partial charge < -0.3 is 10.2 Å². The van der Waals surface area contributed by atoms with Crippen molar-refractivity contribution in [2.24, 2.45) is 0 Å². The van der Waals surface area contributed by atoms with E-state index in [-0.39, 0.29) is 0 Å². The summed E-state index contributed by atoms with van der Waals surface area (Å²) in [7, 11) is 0. The van der Waals surface area contributed by atoms with Gasteiger partial charge in [-0.1, -0.05) is 0 Å². The molecule has 1 aromatic heterocycles. The van der Waals surface area contributed by atoms with Gasteiger partial charge in [0.05, 0.1) is 0 Å². The Bertz CT molecular complexity index is 424. The number of hydrogen-bond acceptors (Lipinski definition) is 4. The molecular weight excluding hydrogens is 270 g/mol. The van der Waals surface area contributed by atoms with Gasteiger partial charge in [0.2, 0.25) is 5.91 Å². The Morgan fingerprint density at radius 1 is 1.40 bits per heavy atom. The second-order valence-electron chi connectivity index (χ2n) is 5.71. The van der Waals surface area contributed by atoms with Crippen LogP contribution in [0.5, 0.6) is 0 Å². The lowest BCUT2D eigenvalue weighted by molar-refractivity contribution is -0.132. The lowest BCUT2D eigenvalue weighted by Crippen LogP contribution is -2.47. The van der Waals surface area contributed by atoms with Crippen LogP contribution in [0.2, 0.25) is 0 Å². The first-order chi connectivity index (χ1) is 9.83. The maximum atomic E-state index is 12.2. The van der Waals surface area contributed by atoms with E-state index in [1.807, 2.05) is 4.90 Å². The zero-order chi connectivity index (χ0) is 13.8. The first-order valence-corrected chi connectivity index (χ1v) is 8.51. The second-order valence-corrected chi connectivity index (χ2v) is 6.49. The number of thiophene rings is 1. The van der Waals surface area contributed by atoms with Crippen molar-refractivity contribution in [3.8, 4) is 0 Å². The van der Waals surface area contributed by atoms with E-state index in [1.165, 1.54) is 18.4 Å². The van der Waals surface area contributed by atoms with Gasteiger partial charge in [0.15, 0.2) is 0 Å². The van der Waals surface area contributed by atoms with Crippen LogP contribution < -0.4 is 5.32 Å². The van der Waals surface area contributed by atoms with E-state index in [0.717, 1.165) is 39.3 Å². The number of nitrogens with zero attached hydrogens (tertiary/aromatic N) is 2. The summed E-state index contributed by atoms with van der Waals surface area (Å²) in [5, 5.41) is 7.64. The molecule has 2 fully saturated rings. The molecule has 3 rings (SSSR count). The summed E-state index contributed by atoms with van der Waals surface area (Å²) >= 11 is 1.75. The molecule has 2 heterocycles. The van der Waals surface area contributed by atoms with Crippen molar-refractivity contribution in [2.75, 3.05) is 32.7 Å². The molecule has 1 saturated heterocycles. The fourth-order valence-corrected chi connectivity index (χ4v) is 3.42. The fourth-order valence-electron chi connectivity index (χ4n) is 2.76. The molecule has 1 aromatic rings. The summed E-state index contributed by atoms with van der Waals surface area (Å²) in [5.74, 6) is 0.322. The van der Waals surface area contributed by atoms with Gasteiger partial charge in [0, 0.05) is 51.7 Å². The third-order valence-electron chi connectivity index (χ3n) is 4.11. The Morgan fingerprint density at radius 2 is 2.20 bits per heavy atom. The van der Waals surface area contributed by atoms with Gasteiger partial charge >= 0.3 is 0 Å². The highest BCUT2D eigenvalue weighted by Crippen LogP contribution is 2.28. The smallest absolute Gasteiger partial charge is 0.223 e. The number of amides is 1. The van der Waals surface area contributed by atoms with E-state index in [4.69, 9.17) is 0 Å². The minimum Gasteiger partial charge on any atom is -0.340 e. The van der Waals surface area contributed by atoms with Crippen LogP contribution in [0, 0.1) is 0 Å². The Kier molecular flexibility index (Phi) is 4.70. The first-order valence-electron chi connectivity index (χ1n) is 7.56. The largest absolute Gasteiger partial charge is 0.340 e. The average molecular weight is 293 g/mol. The van der Waals surface area contributed by atoms with Gasteiger partial charge in [-0.15, -0.1) is 0 Å². The van der Waals surface area contributed by atoms with E-state index in [9.17, 15) is 4.79 Å². The highest BCUT2D eigenvalue weighted by molar-refractivity contribution is 7.07. The van der Waals surface area contributed by atoms with Crippen LogP contribution in [-0.2, 0) is 11.3 Å². The van der Waals surface area contributed by atoms with Crippen molar-refractivity contribution in [1.29, 1.82) is 0 Å². The minimum absolute atomic E-state index is 0.322. The Labute approximate surface area is 124 Å². The van der Waals surface area contributed by atoms with Gasteiger partial charge in [-0.25, -0.2) is 0 Å². The van der Waals surface area contributed by atoms with Crippen LogP contribution in [-0.4, -0.2) is 54.5 Å². The van der Waals surface area contributed by atoms with Crippen LogP contribution in [0.3, 0.4) is 0 Å². The SMILES string of the molecule is O=C(CCN(Cc1ccsc1)C1CC1)N1CCNCC1. The summed E-state index contributed by atoms with van der Waals surface area (Å²) < 4.78 is 0. The van der Waals surface area contributed by atoms with Crippen molar-refractivity contribution in [1.82, 2.24) is 15.1 Å². The van der Waals surface area contributed by atoms with Gasteiger partial charge in [-0.05, 0) is 35.2 Å². The molecule has 0 spiro atoms. The Morgan fingerprint density at radius 3 is 2.85 bits per heavy atom. The molecule has 1 N–H and O–H groups in total. The van der Waals surface area contributed by atoms with E-state index < -0.39 is 0 Å². The normalized spacial score (nSPS) is 19.6. The van der Waals surface area contributed by atoms with Gasteiger partial charge in [-0.2, -0.15) is 11.3 Å². The molecule has 1 aliphatic heterocycles. The van der Waals surface area contributed by atoms with Crippen LogP contribution in [0.25, 0.3) is 0 Å². The van der Waals surface area contributed by atoms with Crippen molar-refractivity contribution in [3.05, 3.63) is 22.4 Å². The highest BCUT2D eigenvalue weighted by Gasteiger charge is 2.29. The standard InChI is InChI=1S/C15H23N3OS/c19-15(17-8-5-16-6-9-17)3-7-18(14-1-2-14)11-13-4-10-20-12-13/h4,10,12,14,16H,1-3,5-9,11H2. The Balaban J connectivity index is 1.48. The van der Waals surface area contributed by atoms with Gasteiger partial charge in [0.25, 0.3) is 0 Å². The third-order valence-corrected chi connectivity index (χ3v) is 4.84. The van der Waals surface area contributed by atoms with Crippen LogP contribution in [0.1, 0.15) is 24.8 Å². The summed E-state index contributed by atoms with van der Waals surface area (Å²) in [4.78, 5) is 16.7. The molecule has 1 aliphatic carbocycles. The number of carbonyl (C=O) groups is 1. The highest BCUT2D eigenvalue weighted by atomic mass is 32.1. The van der Waals surface area contributed by atoms with Crippen molar-refractivity contribution in [2.45, 2.75) is 31.8 Å². The lowest BCUT2D eigenvalue weighted by Gasteiger charge is -2.29. The molecule has 20 heavy (non-hydrogen) atoms. The number of nitrogens with one attached hydrogen (secondary N) is 1. The topological polar surface area (TPSA) is 35.6 Å². The molecule has 1 saturated carbocycles. The Hall–Kier alpha value is -0.910. The molecule has 0 unspecified atom stereocenters. The fraction of sp³-hybridized carbons (Fsp3) is 0.667. The molecular formula is C15H23N3OS. The summed E-state index contributed by atoms with van der Waals surface area (Å²) in [6.07, 6.45) is 3.26. The van der Waals surface area contributed by atoms with E-state index in [1.54, 1.807) is 11.3 Å². The van der Waals surface area contributed by atoms with E-state index >= 15 is 0 Å². The molecule has 110 valence electrons. The maximum absolute atomic E-state index is 12.2. The molecule has 0 aromatic carbocycles. The van der Waals surface area contributed by atoms with E-state index in [0.29, 0.717) is 18.4 Å². The number of rotatable bonds is 6. The van der Waals surface area contributed by atoms with Crippen LogP contribution >= 0.6 is 11.3 Å². The summed E-state index contributed by atoms with van der Waals surface area (Å²) in [5.41, 5.74) is 1.39. The molecule has 4 nitrogen and oxygen atoms in total. The first kappa shape index (κ1) is 14.0. The zero-order valence-electron chi connectivity index (χ0n) is 11.9.